The summed E-state index contributed by atoms with van der Waals surface area (Å²) in [5, 5.41) is 86.8. The van der Waals surface area contributed by atoms with Crippen LogP contribution in [0.25, 0.3) is 0 Å². The molecule has 4 aliphatic heterocycles. The number of hydrogen-bond acceptors (Lipinski definition) is 14. The minimum absolute atomic E-state index is 0.0885. The zero-order chi connectivity index (χ0) is 42.7. The third-order valence-corrected chi connectivity index (χ3v) is 18.5. The fourth-order valence-corrected chi connectivity index (χ4v) is 15.2. The minimum Gasteiger partial charge on any atom is -0.394 e. The lowest BCUT2D eigenvalue weighted by atomic mass is 9.47. The van der Waals surface area contributed by atoms with Gasteiger partial charge in [-0.2, -0.15) is 0 Å². The van der Waals surface area contributed by atoms with E-state index < -0.39 is 98.4 Å². The van der Waals surface area contributed by atoms with Crippen LogP contribution >= 0.6 is 0 Å². The van der Waals surface area contributed by atoms with Gasteiger partial charge in [-0.3, -0.25) is 4.90 Å². The van der Waals surface area contributed by atoms with Gasteiger partial charge < -0.3 is 64.5 Å². The lowest BCUT2D eigenvalue weighted by Gasteiger charge is -2.58. The molecular weight excluding hydrogens is 774 g/mol. The first-order valence-corrected chi connectivity index (χ1v) is 23.6. The average molecular weight is 850 g/mol. The number of hydrogen-bond donors (Lipinski definition) is 8. The van der Waals surface area contributed by atoms with Crippen LogP contribution in [0.2, 0.25) is 0 Å². The van der Waals surface area contributed by atoms with Crippen molar-refractivity contribution in [3.05, 3.63) is 11.6 Å². The van der Waals surface area contributed by atoms with Gasteiger partial charge in [-0.15, -0.1) is 0 Å². The van der Waals surface area contributed by atoms with Crippen LogP contribution in [0.5, 0.6) is 0 Å². The first-order chi connectivity index (χ1) is 28.5. The highest BCUT2D eigenvalue weighted by atomic mass is 16.7. The molecule has 342 valence electrons. The molecule has 0 aromatic carbocycles. The van der Waals surface area contributed by atoms with E-state index in [-0.39, 0.29) is 17.9 Å². The van der Waals surface area contributed by atoms with E-state index in [1.807, 2.05) is 0 Å². The smallest absolute Gasteiger partial charge is 0.187 e. The third-order valence-electron chi connectivity index (χ3n) is 18.5. The van der Waals surface area contributed by atoms with Gasteiger partial charge in [0.15, 0.2) is 12.6 Å². The first-order valence-electron chi connectivity index (χ1n) is 23.6. The summed E-state index contributed by atoms with van der Waals surface area (Å²) in [4.78, 5) is 2.96. The number of aliphatic hydroxyl groups excluding tert-OH is 8. The second-order valence-corrected chi connectivity index (χ2v) is 21.8. The molecule has 26 atom stereocenters. The number of rotatable bonds is 7. The molecule has 0 aromatic rings. The average Bonchev–Trinajstić information content (AvgIpc) is 3.69. The van der Waals surface area contributed by atoms with E-state index in [9.17, 15) is 40.9 Å². The molecule has 9 aliphatic rings. The standard InChI is InChI=1S/C46H75NO13/c1-20-7-10-29-22(3)33-30(47(29)18-20)17-28-26-9-8-24-16-25(11-13-45(24,5)27(26)12-14-46(28,33)6)57-43-40(55)39(54)41(32(19-48)59-43)60-44-42(38(53)35(50)23(4)56-44)58-31-15-21(2)34(49)37(52)36(31)51/h8,20-23,25-44,48-55H,7,9-19H2,1-6H3/t20-,21+,22+,23-,25?,26+,27-,28-,29+,30-,31+,32+,33-,34-,35-,36-,37+,38+,39+,40+,41+,42+,43+,44-,45-,46-/m0/s1. The molecular formula is C46H75NO13. The Hall–Kier alpha value is -0.820. The number of piperidine rings is 1. The van der Waals surface area contributed by atoms with Crippen LogP contribution in [0.1, 0.15) is 106 Å². The van der Waals surface area contributed by atoms with Gasteiger partial charge in [0.05, 0.1) is 31.0 Å². The van der Waals surface area contributed by atoms with E-state index in [4.69, 9.17) is 23.7 Å². The normalized spacial score (nSPS) is 58.1. The van der Waals surface area contributed by atoms with Crippen molar-refractivity contribution >= 4 is 0 Å². The van der Waals surface area contributed by atoms with Gasteiger partial charge in [0.2, 0.25) is 0 Å². The van der Waals surface area contributed by atoms with E-state index in [0.29, 0.717) is 23.7 Å². The molecule has 0 radical (unpaired) electrons. The van der Waals surface area contributed by atoms with E-state index in [0.717, 1.165) is 55.0 Å². The van der Waals surface area contributed by atoms with Crippen molar-refractivity contribution in [1.82, 2.24) is 4.90 Å². The Morgan fingerprint density at radius 3 is 2.22 bits per heavy atom. The minimum atomic E-state index is -1.60. The van der Waals surface area contributed by atoms with Crippen LogP contribution in [0, 0.1) is 52.3 Å². The monoisotopic (exact) mass is 850 g/mol. The summed E-state index contributed by atoms with van der Waals surface area (Å²) in [6, 6.07) is 1.49. The van der Waals surface area contributed by atoms with E-state index in [2.05, 4.69) is 38.7 Å². The summed E-state index contributed by atoms with van der Waals surface area (Å²) >= 11 is 0. The fourth-order valence-electron chi connectivity index (χ4n) is 15.2. The van der Waals surface area contributed by atoms with Crippen LogP contribution in [0.3, 0.4) is 0 Å². The van der Waals surface area contributed by atoms with Crippen molar-refractivity contribution in [2.24, 2.45) is 52.3 Å². The van der Waals surface area contributed by atoms with Crippen LogP contribution in [0.15, 0.2) is 11.6 Å². The van der Waals surface area contributed by atoms with Gasteiger partial charge in [0, 0.05) is 18.6 Å². The molecule has 8 fully saturated rings. The summed E-state index contributed by atoms with van der Waals surface area (Å²) in [6.45, 7) is 14.0. The molecule has 4 heterocycles. The third kappa shape index (κ3) is 7.12. The van der Waals surface area contributed by atoms with E-state index in [1.54, 1.807) is 6.92 Å². The van der Waals surface area contributed by atoms with Gasteiger partial charge in [-0.25, -0.2) is 0 Å². The quantitative estimate of drug-likeness (QED) is 0.172. The second-order valence-electron chi connectivity index (χ2n) is 21.8. The maximum atomic E-state index is 11.5. The number of ether oxygens (including phenoxy) is 5. The molecule has 60 heavy (non-hydrogen) atoms. The van der Waals surface area contributed by atoms with Gasteiger partial charge in [-0.05, 0) is 123 Å². The maximum absolute atomic E-state index is 11.5. The van der Waals surface area contributed by atoms with Gasteiger partial charge in [-0.1, -0.05) is 46.3 Å². The highest BCUT2D eigenvalue weighted by molar-refractivity contribution is 5.27. The highest BCUT2D eigenvalue weighted by Gasteiger charge is 2.66. The molecule has 9 rings (SSSR count). The molecule has 4 saturated heterocycles. The van der Waals surface area contributed by atoms with Crippen LogP contribution in [-0.2, 0) is 23.7 Å². The molecule has 14 nitrogen and oxygen atoms in total. The van der Waals surface area contributed by atoms with Crippen LogP contribution in [-0.4, -0.2) is 163 Å². The molecule has 8 N–H and O–H groups in total. The first kappa shape index (κ1) is 44.4. The van der Waals surface area contributed by atoms with Crippen molar-refractivity contribution < 1.29 is 64.5 Å². The lowest BCUT2D eigenvalue weighted by molar-refractivity contribution is -0.369. The summed E-state index contributed by atoms with van der Waals surface area (Å²) in [6.07, 6.45) is -6.28. The highest BCUT2D eigenvalue weighted by Crippen LogP contribution is 2.70. The van der Waals surface area contributed by atoms with E-state index >= 15 is 0 Å². The Morgan fingerprint density at radius 2 is 1.47 bits per heavy atom. The molecule has 0 amide bonds. The summed E-state index contributed by atoms with van der Waals surface area (Å²) in [5.41, 5.74) is 1.92. The van der Waals surface area contributed by atoms with Crippen LogP contribution in [0.4, 0.5) is 0 Å². The topological polar surface area (TPSA) is 211 Å². The molecule has 1 unspecified atom stereocenters. The number of fused-ring (bicyclic) bond motifs is 9. The van der Waals surface area contributed by atoms with Crippen molar-refractivity contribution in [1.29, 1.82) is 0 Å². The summed E-state index contributed by atoms with van der Waals surface area (Å²) < 4.78 is 30.8. The largest absolute Gasteiger partial charge is 0.394 e. The van der Waals surface area contributed by atoms with Crippen molar-refractivity contribution in [2.75, 3.05) is 13.2 Å². The van der Waals surface area contributed by atoms with Crippen LogP contribution < -0.4 is 0 Å². The second kappa shape index (κ2) is 16.6. The predicted octanol–water partition coefficient (Wildman–Crippen LogP) is 1.85. The van der Waals surface area contributed by atoms with Gasteiger partial charge in [0.1, 0.15) is 54.9 Å². The Bertz CT molecular complexity index is 1570. The summed E-state index contributed by atoms with van der Waals surface area (Å²) in [5.74, 6) is 3.98. The lowest BCUT2D eigenvalue weighted by Crippen LogP contribution is -2.65. The molecule has 5 aliphatic carbocycles. The number of aliphatic hydroxyl groups is 8. The Kier molecular flexibility index (Phi) is 12.2. The Morgan fingerprint density at radius 1 is 0.717 bits per heavy atom. The summed E-state index contributed by atoms with van der Waals surface area (Å²) in [7, 11) is 0. The van der Waals surface area contributed by atoms with Crippen molar-refractivity contribution in [3.63, 3.8) is 0 Å². The maximum Gasteiger partial charge on any atom is 0.187 e. The molecule has 0 spiro atoms. The number of nitrogens with zero attached hydrogens (tertiary/aromatic N) is 1. The number of allylic oxidation sites excluding steroid dienone is 1. The molecule has 14 heteroatoms. The Balaban J connectivity index is 0.852. The predicted molar refractivity (Wildman–Crippen MR) is 217 cm³/mol. The Labute approximate surface area is 355 Å². The van der Waals surface area contributed by atoms with E-state index in [1.165, 1.54) is 51.1 Å². The molecule has 0 bridgehead atoms. The van der Waals surface area contributed by atoms with Gasteiger partial charge in [0.25, 0.3) is 0 Å². The molecule has 0 aromatic heterocycles. The van der Waals surface area contributed by atoms with Crippen molar-refractivity contribution in [3.8, 4) is 0 Å². The SMILES string of the molecule is C[C@H]1CC[C@@H]2[C@@H](C)[C@H]3[C@H](C[C@H]4[C@@H]5CC=C6CC(O[C@@H]7O[C@H](CO)[C@@H](O[C@@H]8O[C@@H](C)[C@H](O)[C@@H](O)[C@H]8O[C@@H]8C[C@@H](C)[C@H](O)[C@@H](O)[C@H]8O)[C@H](O)[C@H]7O)CC[C@]6(C)[C@H]5CC[C@]34C)N2C1. The zero-order valence-electron chi connectivity index (χ0n) is 36.5. The van der Waals surface area contributed by atoms with Gasteiger partial charge >= 0.3 is 0 Å². The van der Waals surface area contributed by atoms with Crippen molar-refractivity contribution in [2.45, 2.75) is 210 Å². The molecule has 4 saturated carbocycles. The zero-order valence-corrected chi connectivity index (χ0v) is 36.5. The fraction of sp³-hybridized carbons (Fsp3) is 0.957.